The molecule has 6 rings (SSSR count). The Labute approximate surface area is 283 Å². The average Bonchev–Trinajstić information content (AvgIpc) is 3.77. The summed E-state index contributed by atoms with van der Waals surface area (Å²) < 4.78 is 68.3. The van der Waals surface area contributed by atoms with Gasteiger partial charge in [0.1, 0.15) is 30.5 Å². The summed E-state index contributed by atoms with van der Waals surface area (Å²) >= 11 is 0. The maximum absolute atomic E-state index is 14.1. The van der Waals surface area contributed by atoms with Gasteiger partial charge >= 0.3 is 11.9 Å². The Bertz CT molecular complexity index is 1610. The molecular weight excluding hydrogens is 669 g/mol. The Morgan fingerprint density at radius 2 is 1.71 bits per heavy atom. The predicted molar refractivity (Wildman–Crippen MR) is 170 cm³/mol. The summed E-state index contributed by atoms with van der Waals surface area (Å²) in [5.74, 6) is -4.84. The van der Waals surface area contributed by atoms with E-state index < -0.39 is 81.2 Å². The molecular formula is C32H41F3N6O7S. The van der Waals surface area contributed by atoms with Crippen LogP contribution < -0.4 is 0 Å². The fourth-order valence-corrected chi connectivity index (χ4v) is 10.9. The van der Waals surface area contributed by atoms with E-state index in [9.17, 15) is 27.9 Å². The molecule has 2 saturated heterocycles. The summed E-state index contributed by atoms with van der Waals surface area (Å²) in [5.41, 5.74) is 0.891. The second kappa shape index (κ2) is 15.1. The summed E-state index contributed by atoms with van der Waals surface area (Å²) in [5, 5.41) is 27.9. The van der Waals surface area contributed by atoms with E-state index in [1.165, 1.54) is 38.3 Å². The molecule has 4 heterocycles. The van der Waals surface area contributed by atoms with Crippen molar-refractivity contribution in [2.75, 3.05) is 32.7 Å². The van der Waals surface area contributed by atoms with Crippen molar-refractivity contribution in [3.8, 4) is 11.3 Å². The number of aromatic nitrogens is 6. The number of halogens is 3. The number of hydrogen-bond acceptors (Lipinski definition) is 11. The number of aliphatic hydroxyl groups is 1. The predicted octanol–water partition coefficient (Wildman–Crippen LogP) is 3.44. The highest BCUT2D eigenvalue weighted by atomic mass is 32.2. The maximum atomic E-state index is 14.1. The summed E-state index contributed by atoms with van der Waals surface area (Å²) in [4.78, 5) is 24.7. The van der Waals surface area contributed by atoms with Crippen LogP contribution in [0.3, 0.4) is 0 Å². The third-order valence-corrected chi connectivity index (χ3v) is 13.1. The lowest BCUT2D eigenvalue weighted by Crippen LogP contribution is -2.57. The van der Waals surface area contributed by atoms with E-state index in [1.807, 2.05) is 6.20 Å². The van der Waals surface area contributed by atoms with E-state index in [4.69, 9.17) is 18.9 Å². The van der Waals surface area contributed by atoms with E-state index in [0.29, 0.717) is 11.7 Å². The molecule has 1 aromatic carbocycles. The molecule has 0 bridgehead atoms. The fourth-order valence-electron chi connectivity index (χ4n) is 7.31. The number of esters is 2. The largest absolute Gasteiger partial charge is 0.465 e. The molecule has 13 nitrogen and oxygen atoms in total. The minimum Gasteiger partial charge on any atom is -0.465 e. The number of ether oxygens (including phenoxy) is 4. The van der Waals surface area contributed by atoms with Gasteiger partial charge in [0.05, 0.1) is 42.6 Å². The molecule has 1 saturated carbocycles. The summed E-state index contributed by atoms with van der Waals surface area (Å²) in [7, 11) is 0.144. The molecule has 3 aromatic rings. The van der Waals surface area contributed by atoms with Gasteiger partial charge in [0.2, 0.25) is 0 Å². The molecule has 268 valence electrons. The zero-order chi connectivity index (χ0) is 34.8. The molecule has 2 aromatic heterocycles. The van der Waals surface area contributed by atoms with Gasteiger partial charge in [-0.15, -0.1) is 10.2 Å². The van der Waals surface area contributed by atoms with Crippen LogP contribution in [0.2, 0.25) is 0 Å². The van der Waals surface area contributed by atoms with Crippen LogP contribution in [0.15, 0.2) is 24.5 Å². The number of nitrogens with zero attached hydrogens (tertiary/aromatic N) is 6. The van der Waals surface area contributed by atoms with Crippen molar-refractivity contribution in [3.63, 3.8) is 0 Å². The number of carbonyl (C=O) groups excluding carboxylic acids is 2. The van der Waals surface area contributed by atoms with Gasteiger partial charge in [0, 0.05) is 49.6 Å². The molecule has 3 fully saturated rings. The molecule has 3 aliphatic rings. The number of aliphatic hydroxyl groups excluding tert-OH is 1. The first-order valence-electron chi connectivity index (χ1n) is 16.4. The number of methoxy groups -OCH3 is 1. The Morgan fingerprint density at radius 3 is 2.39 bits per heavy atom. The van der Waals surface area contributed by atoms with E-state index >= 15 is 0 Å². The highest BCUT2D eigenvalue weighted by Crippen LogP contribution is 2.52. The average molecular weight is 711 g/mol. The molecule has 1 N–H and O–H groups in total. The Hall–Kier alpha value is -3.54. The normalized spacial score (nSPS) is 30.2. The van der Waals surface area contributed by atoms with Gasteiger partial charge in [0.15, 0.2) is 17.5 Å². The van der Waals surface area contributed by atoms with Crippen LogP contribution in [0.4, 0.5) is 13.2 Å². The Kier molecular flexibility index (Phi) is 10.9. The molecule has 2 aliphatic heterocycles. The van der Waals surface area contributed by atoms with Crippen LogP contribution in [0, 0.1) is 17.5 Å². The summed E-state index contributed by atoms with van der Waals surface area (Å²) in [6.45, 7) is 2.81. The highest BCUT2D eigenvalue weighted by molar-refractivity contribution is 8.18. The third-order valence-electron chi connectivity index (χ3n) is 9.75. The topological polar surface area (TPSA) is 153 Å². The summed E-state index contributed by atoms with van der Waals surface area (Å²) in [6.07, 6.45) is 6.34. The number of hydrogen-bond donors (Lipinski definition) is 2. The quantitative estimate of drug-likeness (QED) is 0.191. The van der Waals surface area contributed by atoms with Gasteiger partial charge in [-0.1, -0.05) is 29.7 Å². The van der Waals surface area contributed by atoms with E-state index in [2.05, 4.69) is 20.6 Å². The molecule has 1 aliphatic carbocycles. The first-order valence-corrected chi connectivity index (χ1v) is 18.1. The molecule has 1 unspecified atom stereocenters. The number of thiol groups is 1. The zero-order valence-corrected chi connectivity index (χ0v) is 28.3. The molecule has 0 radical (unpaired) electrons. The Morgan fingerprint density at radius 1 is 1.00 bits per heavy atom. The smallest absolute Gasteiger partial charge is 0.303 e. The molecule has 0 amide bonds. The van der Waals surface area contributed by atoms with Crippen molar-refractivity contribution in [2.24, 2.45) is 0 Å². The second-order valence-corrected chi connectivity index (χ2v) is 15.6. The minimum atomic E-state index is -1.61. The molecule has 49 heavy (non-hydrogen) atoms. The lowest BCUT2D eigenvalue weighted by atomic mass is 9.87. The van der Waals surface area contributed by atoms with Crippen LogP contribution in [0.25, 0.3) is 11.3 Å². The fraction of sp³-hybridized carbons (Fsp3) is 0.625. The number of rotatable bonds is 9. The van der Waals surface area contributed by atoms with E-state index in [-0.39, 0.29) is 31.1 Å². The zero-order valence-electron chi connectivity index (χ0n) is 27.5. The van der Waals surface area contributed by atoms with Gasteiger partial charge in [-0.05, 0) is 25.0 Å². The van der Waals surface area contributed by atoms with Crippen molar-refractivity contribution in [2.45, 2.75) is 92.8 Å². The van der Waals surface area contributed by atoms with Gasteiger partial charge in [0.25, 0.3) is 0 Å². The van der Waals surface area contributed by atoms with E-state index in [1.54, 1.807) is 4.68 Å². The minimum absolute atomic E-state index is 0.0398. The van der Waals surface area contributed by atoms with Gasteiger partial charge in [-0.2, -0.15) is 0 Å². The van der Waals surface area contributed by atoms with Gasteiger partial charge in [-0.3, -0.25) is 9.59 Å². The summed E-state index contributed by atoms with van der Waals surface area (Å²) in [6, 6.07) is 0.264. The van der Waals surface area contributed by atoms with Crippen molar-refractivity contribution in [1.29, 1.82) is 0 Å². The molecule has 8 atom stereocenters. The first-order chi connectivity index (χ1) is 23.5. The number of carbonyl (C=O) groups is 2. The lowest BCUT2D eigenvalue weighted by molar-refractivity contribution is -0.154. The van der Waals surface area contributed by atoms with E-state index in [0.717, 1.165) is 43.5 Å². The molecule has 17 heteroatoms. The lowest BCUT2D eigenvalue weighted by Gasteiger charge is -2.52. The van der Waals surface area contributed by atoms with Crippen molar-refractivity contribution < 1.29 is 46.8 Å². The van der Waals surface area contributed by atoms with Crippen LogP contribution in [0.1, 0.15) is 69.6 Å². The van der Waals surface area contributed by atoms with Crippen LogP contribution >= 0.6 is 10.9 Å². The highest BCUT2D eigenvalue weighted by Gasteiger charge is 2.52. The monoisotopic (exact) mass is 710 g/mol. The van der Waals surface area contributed by atoms with Crippen molar-refractivity contribution in [3.05, 3.63) is 47.7 Å². The van der Waals surface area contributed by atoms with Crippen LogP contribution in [-0.2, 0) is 28.5 Å². The standard InChI is InChI=1S/C32H41F3N6O7S/c1-17(42)47-15-28-32(48-18(2)43)30(41-12-24(37-39-41)20-9-21(33)29(35)22(34)10-20)26(45-3)16-49(28)27-14-46-13-25(31(27)44)40-11-23(36-38-40)19-7-5-4-6-8-19/h9-12,19,25-28,30-32,44,49H,4-8,13-16H2,1-3H3/t25-,26-,27+,28+,30-,31+,32-/m0/s1. The second-order valence-electron chi connectivity index (χ2n) is 12.9. The molecule has 0 spiro atoms. The maximum Gasteiger partial charge on any atom is 0.303 e. The van der Waals surface area contributed by atoms with Gasteiger partial charge < -0.3 is 24.1 Å². The van der Waals surface area contributed by atoms with Crippen LogP contribution in [-0.4, -0.2) is 109 Å². The Balaban J connectivity index is 1.32. The van der Waals surface area contributed by atoms with Gasteiger partial charge in [-0.25, -0.2) is 33.4 Å². The first kappa shape index (κ1) is 35.3. The SMILES string of the molecule is CO[C@H]1C[SH]([C@@H]2COC[C@H](n3cc(C4CCCCC4)nn3)[C@H]2O)[C@H](COC(C)=O)[C@H](OC(C)=O)[C@H]1n1cc(-c2cc(F)c(F)c(F)c2)nn1. The van der Waals surface area contributed by atoms with Crippen molar-refractivity contribution >= 4 is 22.8 Å². The third kappa shape index (κ3) is 7.49. The van der Waals surface area contributed by atoms with Crippen molar-refractivity contribution in [1.82, 2.24) is 30.0 Å². The number of benzene rings is 1. The van der Waals surface area contributed by atoms with Crippen LogP contribution in [0.5, 0.6) is 0 Å².